The largest absolute Gasteiger partial charge is 0.497 e. The smallest absolute Gasteiger partial charge is 0.322 e. The molecule has 0 aliphatic carbocycles. The highest BCUT2D eigenvalue weighted by Crippen LogP contribution is 2.22. The minimum atomic E-state index is -3.96. The van der Waals surface area contributed by atoms with Crippen molar-refractivity contribution >= 4 is 27.7 Å². The van der Waals surface area contributed by atoms with Crippen molar-refractivity contribution < 1.29 is 26.7 Å². The van der Waals surface area contributed by atoms with Crippen LogP contribution in [0.1, 0.15) is 16.8 Å². The lowest BCUT2D eigenvalue weighted by Gasteiger charge is -2.29. The molecule has 0 spiro atoms. The molecular formula is C28H26F2N6O5S. The molecule has 218 valence electrons. The van der Waals surface area contributed by atoms with Crippen LogP contribution in [-0.4, -0.2) is 42.6 Å². The van der Waals surface area contributed by atoms with Gasteiger partial charge in [-0.3, -0.25) is 4.79 Å². The molecule has 3 aromatic carbocycles. The van der Waals surface area contributed by atoms with E-state index < -0.39 is 33.2 Å². The molecule has 2 heterocycles. The van der Waals surface area contributed by atoms with E-state index >= 15 is 0 Å². The second kappa shape index (κ2) is 11.6. The Morgan fingerprint density at radius 2 is 1.76 bits per heavy atom. The zero-order valence-corrected chi connectivity index (χ0v) is 23.1. The third-order valence-corrected chi connectivity index (χ3v) is 7.65. The number of sulfonamides is 1. The van der Waals surface area contributed by atoms with Crippen LogP contribution < -0.4 is 26.1 Å². The number of hydrogen-bond donors (Lipinski definition) is 3. The van der Waals surface area contributed by atoms with Gasteiger partial charge in [-0.15, -0.1) is 0 Å². The maximum Gasteiger partial charge on any atom is 0.322 e. The van der Waals surface area contributed by atoms with Crippen molar-refractivity contribution in [3.05, 3.63) is 106 Å². The van der Waals surface area contributed by atoms with Crippen LogP contribution in [0.4, 0.5) is 25.2 Å². The van der Waals surface area contributed by atoms with Crippen LogP contribution >= 0.6 is 0 Å². The predicted molar refractivity (Wildman–Crippen MR) is 151 cm³/mol. The Hall–Kier alpha value is -4.82. The van der Waals surface area contributed by atoms with Gasteiger partial charge in [0.15, 0.2) is 11.6 Å². The normalized spacial score (nSPS) is 12.9. The van der Waals surface area contributed by atoms with Gasteiger partial charge in [-0.25, -0.2) is 36.7 Å². The monoisotopic (exact) mass is 596 g/mol. The van der Waals surface area contributed by atoms with Gasteiger partial charge in [0.05, 0.1) is 35.5 Å². The Labute approximate surface area is 239 Å². The van der Waals surface area contributed by atoms with Crippen LogP contribution in [0.5, 0.6) is 5.75 Å². The molecule has 42 heavy (non-hydrogen) atoms. The molecule has 4 aromatic rings. The average molecular weight is 597 g/mol. The Kier molecular flexibility index (Phi) is 7.91. The SMILES string of the molecule is COc1ccc(CNc2nc3c(c(=O)n2-c2ccc(S(N)(=O)=O)cc2)CN(C(=O)Nc2ccc(F)c(F)c2)CC3)cc1. The molecule has 0 saturated heterocycles. The lowest BCUT2D eigenvalue weighted by atomic mass is 10.1. The molecule has 0 bridgehead atoms. The summed E-state index contributed by atoms with van der Waals surface area (Å²) in [4.78, 5) is 32.8. The highest BCUT2D eigenvalue weighted by Gasteiger charge is 2.27. The number of ether oxygens (including phenoxy) is 1. The molecule has 4 N–H and O–H groups in total. The van der Waals surface area contributed by atoms with Gasteiger partial charge in [-0.2, -0.15) is 0 Å². The number of fused-ring (bicyclic) bond motifs is 1. The first-order valence-electron chi connectivity index (χ1n) is 12.7. The molecular weight excluding hydrogens is 570 g/mol. The number of methoxy groups -OCH3 is 1. The number of halogens is 2. The molecule has 1 aliphatic rings. The van der Waals surface area contributed by atoms with Crippen molar-refractivity contribution in [2.45, 2.75) is 24.4 Å². The number of nitrogens with one attached hydrogen (secondary N) is 2. The van der Waals surface area contributed by atoms with Gasteiger partial charge in [0.1, 0.15) is 5.75 Å². The van der Waals surface area contributed by atoms with E-state index in [1.165, 1.54) is 39.8 Å². The zero-order chi connectivity index (χ0) is 30.0. The molecule has 11 nitrogen and oxygen atoms in total. The number of amides is 2. The third-order valence-electron chi connectivity index (χ3n) is 6.72. The molecule has 1 aromatic heterocycles. The Bertz CT molecular complexity index is 1810. The van der Waals surface area contributed by atoms with Gasteiger partial charge in [0, 0.05) is 31.3 Å². The van der Waals surface area contributed by atoms with Gasteiger partial charge in [-0.1, -0.05) is 12.1 Å². The number of aromatic nitrogens is 2. The van der Waals surface area contributed by atoms with E-state index in [0.717, 1.165) is 17.7 Å². The summed E-state index contributed by atoms with van der Waals surface area (Å²) in [6, 6.07) is 15.2. The lowest BCUT2D eigenvalue weighted by Crippen LogP contribution is -2.43. The number of urea groups is 1. The summed E-state index contributed by atoms with van der Waals surface area (Å²) in [5, 5.41) is 10.9. The number of rotatable bonds is 7. The Morgan fingerprint density at radius 3 is 2.40 bits per heavy atom. The number of nitrogens with two attached hydrogens (primary N) is 1. The quantitative estimate of drug-likeness (QED) is 0.296. The summed E-state index contributed by atoms with van der Waals surface area (Å²) in [6.07, 6.45) is 0.262. The van der Waals surface area contributed by atoms with Crippen LogP contribution in [0, 0.1) is 11.6 Å². The van der Waals surface area contributed by atoms with E-state index in [1.807, 2.05) is 12.1 Å². The fraction of sp³-hybridized carbons (Fsp3) is 0.179. The van der Waals surface area contributed by atoms with E-state index in [4.69, 9.17) is 14.9 Å². The van der Waals surface area contributed by atoms with Crippen molar-refractivity contribution in [1.29, 1.82) is 0 Å². The van der Waals surface area contributed by atoms with E-state index in [2.05, 4.69) is 10.6 Å². The fourth-order valence-electron chi connectivity index (χ4n) is 4.49. The summed E-state index contributed by atoms with van der Waals surface area (Å²) >= 11 is 0. The number of anilines is 2. The highest BCUT2D eigenvalue weighted by molar-refractivity contribution is 7.89. The molecule has 0 radical (unpaired) electrons. The maximum absolute atomic E-state index is 13.9. The summed E-state index contributed by atoms with van der Waals surface area (Å²) in [7, 11) is -2.39. The Morgan fingerprint density at radius 1 is 1.05 bits per heavy atom. The predicted octanol–water partition coefficient (Wildman–Crippen LogP) is 3.37. The van der Waals surface area contributed by atoms with E-state index in [0.29, 0.717) is 23.7 Å². The molecule has 1 aliphatic heterocycles. The van der Waals surface area contributed by atoms with Crippen LogP contribution in [0.15, 0.2) is 76.4 Å². The Balaban J connectivity index is 1.48. The number of carbonyl (C=O) groups is 1. The van der Waals surface area contributed by atoms with Crippen molar-refractivity contribution in [2.24, 2.45) is 5.14 Å². The molecule has 0 saturated carbocycles. The van der Waals surface area contributed by atoms with Crippen molar-refractivity contribution in [2.75, 3.05) is 24.3 Å². The first-order chi connectivity index (χ1) is 20.0. The van der Waals surface area contributed by atoms with E-state index in [9.17, 15) is 26.8 Å². The molecule has 0 atom stereocenters. The molecule has 0 unspecified atom stereocenters. The van der Waals surface area contributed by atoms with Gasteiger partial charge >= 0.3 is 6.03 Å². The summed E-state index contributed by atoms with van der Waals surface area (Å²) in [5.74, 6) is -1.24. The minimum absolute atomic E-state index is 0.0632. The minimum Gasteiger partial charge on any atom is -0.497 e. The van der Waals surface area contributed by atoms with Crippen molar-refractivity contribution in [3.8, 4) is 11.4 Å². The second-order valence-corrected chi connectivity index (χ2v) is 11.0. The number of carbonyl (C=O) groups excluding carboxylic acids is 1. The standard InChI is InChI=1S/C28H26F2N6O5S/c1-41-20-7-2-17(3-8-20)15-32-27-34-25-12-13-35(28(38)33-18-4-11-23(29)24(30)14-18)16-22(25)26(37)36(27)19-5-9-21(10-6-19)42(31,39)40/h2-11,14H,12-13,15-16H2,1H3,(H,32,34)(H,33,38)(H2,31,39,40). The molecule has 0 fully saturated rings. The zero-order valence-electron chi connectivity index (χ0n) is 22.3. The van der Waals surface area contributed by atoms with Gasteiger partial charge in [0.2, 0.25) is 16.0 Å². The molecule has 5 rings (SSSR count). The number of primary sulfonamides is 1. The van der Waals surface area contributed by atoms with Crippen LogP contribution in [-0.2, 0) is 29.5 Å². The first-order valence-corrected chi connectivity index (χ1v) is 14.2. The van der Waals surface area contributed by atoms with Crippen molar-refractivity contribution in [1.82, 2.24) is 14.5 Å². The third kappa shape index (κ3) is 6.09. The highest BCUT2D eigenvalue weighted by atomic mass is 32.2. The van der Waals surface area contributed by atoms with Crippen LogP contribution in [0.25, 0.3) is 5.69 Å². The number of nitrogens with zero attached hydrogens (tertiary/aromatic N) is 3. The molecule has 14 heteroatoms. The van der Waals surface area contributed by atoms with Crippen molar-refractivity contribution in [3.63, 3.8) is 0 Å². The summed E-state index contributed by atoms with van der Waals surface area (Å²) < 4.78 is 56.9. The number of hydrogen-bond acceptors (Lipinski definition) is 7. The average Bonchev–Trinajstić information content (AvgIpc) is 2.98. The van der Waals surface area contributed by atoms with Crippen LogP contribution in [0.3, 0.4) is 0 Å². The summed E-state index contributed by atoms with van der Waals surface area (Å²) in [5.41, 5.74) is 1.56. The van der Waals surface area contributed by atoms with Gasteiger partial charge in [0.25, 0.3) is 5.56 Å². The topological polar surface area (TPSA) is 149 Å². The lowest BCUT2D eigenvalue weighted by molar-refractivity contribution is 0.205. The van der Waals surface area contributed by atoms with E-state index in [-0.39, 0.29) is 41.6 Å². The summed E-state index contributed by atoms with van der Waals surface area (Å²) in [6.45, 7) is 0.442. The first kappa shape index (κ1) is 28.7. The maximum atomic E-state index is 13.9. The van der Waals surface area contributed by atoms with Gasteiger partial charge in [-0.05, 0) is 54.1 Å². The molecule has 2 amide bonds. The van der Waals surface area contributed by atoms with Gasteiger partial charge < -0.3 is 20.3 Å². The number of benzene rings is 3. The second-order valence-electron chi connectivity index (χ2n) is 9.47. The van der Waals surface area contributed by atoms with E-state index in [1.54, 1.807) is 19.2 Å². The fourth-order valence-corrected chi connectivity index (χ4v) is 5.01. The van der Waals surface area contributed by atoms with Crippen LogP contribution in [0.2, 0.25) is 0 Å².